The molecular weight excluding hydrogens is 406 g/mol. The predicted molar refractivity (Wildman–Crippen MR) is 103 cm³/mol. The normalized spacial score (nSPS) is 31.7. The first-order valence-corrected chi connectivity index (χ1v) is 10.2. The second kappa shape index (κ2) is 7.05. The summed E-state index contributed by atoms with van der Waals surface area (Å²) in [5.41, 5.74) is 5.59. The molecule has 2 aromatic rings. The molecule has 2 aromatic heterocycles. The number of rotatable bonds is 4. The van der Waals surface area contributed by atoms with Crippen molar-refractivity contribution in [3.8, 4) is 6.07 Å². The molecule has 4 atom stereocenters. The number of fused-ring (bicyclic) bond motifs is 2. The fourth-order valence-corrected chi connectivity index (χ4v) is 4.21. The van der Waals surface area contributed by atoms with Gasteiger partial charge in [-0.3, -0.25) is 0 Å². The summed E-state index contributed by atoms with van der Waals surface area (Å²) in [6.45, 7) is 3.16. The number of nitrogens with two attached hydrogens (primary N) is 1. The van der Waals surface area contributed by atoms with Gasteiger partial charge in [0.1, 0.15) is 48.9 Å². The maximum absolute atomic E-state index is 12.1. The van der Waals surface area contributed by atoms with E-state index in [1.807, 2.05) is 0 Å². The lowest BCUT2D eigenvalue weighted by Crippen LogP contribution is -2.46. The van der Waals surface area contributed by atoms with Gasteiger partial charge in [-0.2, -0.15) is 10.4 Å². The van der Waals surface area contributed by atoms with Crippen molar-refractivity contribution in [3.05, 3.63) is 24.2 Å². The van der Waals surface area contributed by atoms with Gasteiger partial charge in [0.05, 0.1) is 5.69 Å². The molecule has 2 aliphatic heterocycles. The van der Waals surface area contributed by atoms with E-state index in [0.717, 1.165) is 19.3 Å². The summed E-state index contributed by atoms with van der Waals surface area (Å²) in [4.78, 5) is 16.1. The van der Waals surface area contributed by atoms with E-state index in [4.69, 9.17) is 29.4 Å². The lowest BCUT2D eigenvalue weighted by Gasteiger charge is -2.29. The summed E-state index contributed by atoms with van der Waals surface area (Å²) in [7, 11) is 0. The molecule has 3 fully saturated rings. The van der Waals surface area contributed by atoms with Gasteiger partial charge in [-0.1, -0.05) is 0 Å². The fraction of sp³-hybridized carbons (Fsp3) is 0.600. The number of anilines is 1. The maximum Gasteiger partial charge on any atom is 0.508 e. The average Bonchev–Trinajstić information content (AvgIpc) is 3.34. The maximum atomic E-state index is 12.1. The topological polar surface area (TPSA) is 143 Å². The van der Waals surface area contributed by atoms with Gasteiger partial charge in [-0.25, -0.2) is 14.3 Å². The minimum absolute atomic E-state index is 0.127. The SMILES string of the molecule is CC1(C)O[C@H]2[C@H](c3ccc4c(N)ncnn34)O[C@](C#N)(COC(=O)OC3CCC3)[C@H]2O1. The van der Waals surface area contributed by atoms with Crippen molar-refractivity contribution in [1.29, 1.82) is 5.26 Å². The molecule has 2 saturated heterocycles. The van der Waals surface area contributed by atoms with Crippen LogP contribution in [-0.4, -0.2) is 57.1 Å². The number of hydrogen-bond donors (Lipinski definition) is 1. The van der Waals surface area contributed by atoms with Crippen LogP contribution in [0.4, 0.5) is 10.6 Å². The molecule has 1 saturated carbocycles. The Morgan fingerprint density at radius 2 is 2.16 bits per heavy atom. The lowest BCUT2D eigenvalue weighted by molar-refractivity contribution is -0.206. The van der Waals surface area contributed by atoms with Crippen LogP contribution in [0, 0.1) is 11.3 Å². The molecule has 0 bridgehead atoms. The highest BCUT2D eigenvalue weighted by Gasteiger charge is 2.65. The van der Waals surface area contributed by atoms with Crippen LogP contribution < -0.4 is 5.73 Å². The number of nitrogens with zero attached hydrogens (tertiary/aromatic N) is 4. The molecule has 0 unspecified atom stereocenters. The quantitative estimate of drug-likeness (QED) is 0.715. The number of aromatic nitrogens is 3. The van der Waals surface area contributed by atoms with Crippen LogP contribution in [0.15, 0.2) is 18.5 Å². The zero-order valence-corrected chi connectivity index (χ0v) is 17.2. The van der Waals surface area contributed by atoms with E-state index in [1.165, 1.54) is 6.33 Å². The summed E-state index contributed by atoms with van der Waals surface area (Å²) in [6, 6.07) is 5.70. The molecule has 0 aromatic carbocycles. The molecule has 1 aliphatic carbocycles. The molecule has 4 heterocycles. The first-order chi connectivity index (χ1) is 14.8. The third-order valence-electron chi connectivity index (χ3n) is 5.94. The van der Waals surface area contributed by atoms with Crippen molar-refractivity contribution < 1.29 is 28.5 Å². The van der Waals surface area contributed by atoms with Gasteiger partial charge in [-0.05, 0) is 45.2 Å². The van der Waals surface area contributed by atoms with E-state index in [1.54, 1.807) is 30.5 Å². The molecule has 2 N–H and O–H groups in total. The summed E-state index contributed by atoms with van der Waals surface area (Å²) >= 11 is 0. The second-order valence-corrected chi connectivity index (χ2v) is 8.47. The highest BCUT2D eigenvalue weighted by atomic mass is 16.8. The van der Waals surface area contributed by atoms with E-state index in [0.29, 0.717) is 17.0 Å². The molecule has 31 heavy (non-hydrogen) atoms. The fourth-order valence-electron chi connectivity index (χ4n) is 4.21. The Hall–Kier alpha value is -2.94. The Labute approximate surface area is 178 Å². The first kappa shape index (κ1) is 20.0. The van der Waals surface area contributed by atoms with Crippen LogP contribution >= 0.6 is 0 Å². The molecule has 0 spiro atoms. The molecule has 11 heteroatoms. The van der Waals surface area contributed by atoms with Crippen molar-refractivity contribution in [2.24, 2.45) is 0 Å². The van der Waals surface area contributed by atoms with Crippen molar-refractivity contribution in [1.82, 2.24) is 14.6 Å². The third kappa shape index (κ3) is 3.27. The summed E-state index contributed by atoms with van der Waals surface area (Å²) < 4.78 is 30.4. The zero-order chi connectivity index (χ0) is 21.8. The molecule has 3 aliphatic rings. The van der Waals surface area contributed by atoms with Gasteiger partial charge in [0.15, 0.2) is 11.6 Å². The second-order valence-electron chi connectivity index (χ2n) is 8.47. The minimum atomic E-state index is -1.58. The Morgan fingerprint density at radius 1 is 1.35 bits per heavy atom. The van der Waals surface area contributed by atoms with Crippen molar-refractivity contribution in [2.75, 3.05) is 12.3 Å². The Bertz CT molecular complexity index is 1060. The van der Waals surface area contributed by atoms with Crippen molar-refractivity contribution in [2.45, 2.75) is 68.9 Å². The van der Waals surface area contributed by atoms with Gasteiger partial charge in [0.2, 0.25) is 5.60 Å². The number of nitriles is 1. The largest absolute Gasteiger partial charge is 0.508 e. The van der Waals surface area contributed by atoms with E-state index < -0.39 is 35.9 Å². The summed E-state index contributed by atoms with van der Waals surface area (Å²) in [5, 5.41) is 14.3. The zero-order valence-electron chi connectivity index (χ0n) is 17.2. The predicted octanol–water partition coefficient (Wildman–Crippen LogP) is 1.87. The van der Waals surface area contributed by atoms with Gasteiger partial charge in [0, 0.05) is 0 Å². The van der Waals surface area contributed by atoms with E-state index in [-0.39, 0.29) is 12.7 Å². The number of hydrogen-bond acceptors (Lipinski definition) is 10. The number of carbonyl (C=O) groups excluding carboxylic acids is 1. The molecular formula is C20H23N5O6. The number of ether oxygens (including phenoxy) is 5. The average molecular weight is 429 g/mol. The minimum Gasteiger partial charge on any atom is -0.431 e. The molecule has 5 rings (SSSR count). The van der Waals surface area contributed by atoms with Gasteiger partial charge >= 0.3 is 6.16 Å². The van der Waals surface area contributed by atoms with E-state index in [9.17, 15) is 10.1 Å². The van der Waals surface area contributed by atoms with E-state index in [2.05, 4.69) is 16.2 Å². The van der Waals surface area contributed by atoms with Crippen LogP contribution in [0.1, 0.15) is 44.9 Å². The molecule has 164 valence electrons. The number of nitrogen functional groups attached to an aromatic ring is 1. The van der Waals surface area contributed by atoms with Crippen LogP contribution in [0.2, 0.25) is 0 Å². The standard InChI is InChI=1S/C20H23N5O6/c1-19(2)29-15-14(12-6-7-13-17(22)23-10-24-25(12)13)30-20(8-21,16(15)31-19)9-27-18(26)28-11-4-3-5-11/h6-7,10-11,14-16H,3-5,9H2,1-2H3,(H2,22,23,24)/t14-,15-,16-,20+/m0/s1. The Morgan fingerprint density at radius 3 is 2.87 bits per heavy atom. The monoisotopic (exact) mass is 429 g/mol. The summed E-state index contributed by atoms with van der Waals surface area (Å²) in [6.07, 6.45) is 0.911. The van der Waals surface area contributed by atoms with Crippen molar-refractivity contribution >= 4 is 17.5 Å². The highest BCUT2D eigenvalue weighted by Crippen LogP contribution is 2.50. The first-order valence-electron chi connectivity index (χ1n) is 10.2. The van der Waals surface area contributed by atoms with Gasteiger partial charge in [0.25, 0.3) is 0 Å². The molecule has 11 nitrogen and oxygen atoms in total. The Balaban J connectivity index is 1.44. The van der Waals surface area contributed by atoms with Crippen LogP contribution in [0.25, 0.3) is 5.52 Å². The molecule has 0 radical (unpaired) electrons. The van der Waals surface area contributed by atoms with E-state index >= 15 is 0 Å². The summed E-state index contributed by atoms with van der Waals surface area (Å²) in [5.74, 6) is -0.638. The van der Waals surface area contributed by atoms with Crippen LogP contribution in [0.3, 0.4) is 0 Å². The van der Waals surface area contributed by atoms with Gasteiger partial charge in [-0.15, -0.1) is 0 Å². The third-order valence-corrected chi connectivity index (χ3v) is 5.94. The number of carbonyl (C=O) groups is 1. The smallest absolute Gasteiger partial charge is 0.431 e. The lowest BCUT2D eigenvalue weighted by atomic mass is 9.96. The van der Waals surface area contributed by atoms with Crippen LogP contribution in [0.5, 0.6) is 0 Å². The molecule has 0 amide bonds. The van der Waals surface area contributed by atoms with Gasteiger partial charge < -0.3 is 29.4 Å². The highest BCUT2D eigenvalue weighted by molar-refractivity contribution is 5.65. The Kier molecular flexibility index (Phi) is 4.55. The van der Waals surface area contributed by atoms with Crippen LogP contribution in [-0.2, 0) is 23.7 Å². The van der Waals surface area contributed by atoms with Crippen molar-refractivity contribution in [3.63, 3.8) is 0 Å².